The number of nitrogens with zero attached hydrogens (tertiary/aromatic N) is 13. The van der Waals surface area contributed by atoms with E-state index < -0.39 is 56.5 Å². The van der Waals surface area contributed by atoms with Crippen LogP contribution >= 0.6 is 47.8 Å². The third kappa shape index (κ3) is 26.8. The van der Waals surface area contributed by atoms with Crippen molar-refractivity contribution in [2.75, 3.05) is 27.3 Å². The Morgan fingerprint density at radius 2 is 0.967 bits per heavy atom. The Morgan fingerprint density at radius 1 is 0.541 bits per heavy atom. The molecule has 1 aliphatic carbocycles. The molecule has 14 aromatic rings. The molecule has 0 saturated heterocycles. The lowest BCUT2D eigenvalue weighted by atomic mass is 9.91. The lowest BCUT2D eigenvalue weighted by Crippen LogP contribution is -2.47. The van der Waals surface area contributed by atoms with E-state index in [1.54, 1.807) is 28.4 Å². The Hall–Kier alpha value is -10.4. The number of halogens is 11. The minimum Gasteiger partial charge on any atom is -0.472 e. The Labute approximate surface area is 726 Å². The van der Waals surface area contributed by atoms with Gasteiger partial charge >= 0.3 is 13.2 Å². The second kappa shape index (κ2) is 47.3. The Balaban J connectivity index is 0.000000190. The van der Waals surface area contributed by atoms with E-state index in [4.69, 9.17) is 14.3 Å². The fraction of sp³-hybridized carbons (Fsp3) is 0.360. The maximum absolute atomic E-state index is 13.8. The zero-order valence-electron chi connectivity index (χ0n) is 69.7. The number of alkyl halides is 8. The molecule has 15 rings (SSSR count). The molecule has 24 nitrogen and oxygen atoms in total. The molecule has 3 atom stereocenters. The molecule has 0 bridgehead atoms. The van der Waals surface area contributed by atoms with Gasteiger partial charge in [-0.3, -0.25) is 28.3 Å². The van der Waals surface area contributed by atoms with Crippen LogP contribution in [0.5, 0.6) is 23.3 Å². The number of ether oxygens (including phenoxy) is 4. The number of aromatic amines is 1. The molecule has 36 heteroatoms. The summed E-state index contributed by atoms with van der Waals surface area (Å²) in [5.74, 6) is -0.373. The number of rotatable bonds is 21. The standard InChI is InChI=1S/C26H21F4N5O3.C16H11F4N3O3.C10H11BrN2O.C10H11BrN2.C8H7BrN2.C8H18N2.C6H16Si.C2H4O/c1-3-20-17-12-15(6-9-18(17)32-34(20)2)35-25(36)23(14-4-7-16(8-5-14)38-26(29)30)24-19(33-35)10-11-22(31-24)37-13-21(27)28;17-11(18)7-25-12-6-5-10-14(21-12)13(15(24)23-22-10)8-1-3-9(4-2-8)26-16(19)20;1-6(14)10-8-5-7(11)3-4-9(8)12-13(10)2;1-3-10-8-6-7(11)4-5-9(8)12-13(10)2;1-11-5-6-4-7(9)2-3-8(6)10-11;1-9-7-5-3-4-6-8(7)10-2;1-4-7(5-2)6-3;1-2-3/h4-12,21,26H,3,13H2,1-2H3;1-6,11,16H,7H2,(H,23,24);3-6,14H,1-2H3;4-6H,3H2,1-2H3;2-5H,1H3;7-10H,3-6H2,1-2H3;7H,4-6H2,1-3H3;2H,1H3/t;;;;;7-,8-;;/m.....1../s1. The van der Waals surface area contributed by atoms with Crippen molar-refractivity contribution < 1.29 is 64.0 Å². The first-order chi connectivity index (χ1) is 58.4. The third-order valence-corrected chi connectivity index (χ3v) is 24.5. The lowest BCUT2D eigenvalue weighted by Gasteiger charge is -2.30. The number of pyridine rings is 2. The van der Waals surface area contributed by atoms with Gasteiger partial charge in [-0.1, -0.05) is 138 Å². The van der Waals surface area contributed by atoms with Gasteiger partial charge < -0.3 is 39.5 Å². The highest BCUT2D eigenvalue weighted by atomic mass is 79.9. The maximum atomic E-state index is 13.8. The van der Waals surface area contributed by atoms with E-state index in [9.17, 15) is 49.8 Å². The number of hydrogen-bond acceptors (Lipinski definition) is 18. The summed E-state index contributed by atoms with van der Waals surface area (Å²) in [7, 11) is 11.5. The highest BCUT2D eigenvalue weighted by molar-refractivity contribution is 9.11. The minimum absolute atomic E-state index is 0.0764. The van der Waals surface area contributed by atoms with Crippen LogP contribution in [0.3, 0.4) is 0 Å². The monoisotopic (exact) mass is 1900 g/mol. The second-order valence-corrected chi connectivity index (χ2v) is 34.7. The molecular formula is C86H99Br3F8N16O8Si. The normalized spacial score (nSPS) is 13.2. The molecule has 0 amide bonds. The predicted molar refractivity (Wildman–Crippen MR) is 476 cm³/mol. The molecule has 122 heavy (non-hydrogen) atoms. The highest BCUT2D eigenvalue weighted by Crippen LogP contribution is 2.33. The summed E-state index contributed by atoms with van der Waals surface area (Å²) in [6.45, 7) is 6.62. The van der Waals surface area contributed by atoms with E-state index in [1.165, 1.54) is 145 Å². The van der Waals surface area contributed by atoms with Crippen LogP contribution in [0.25, 0.3) is 93.6 Å². The summed E-state index contributed by atoms with van der Waals surface area (Å²) in [6, 6.07) is 45.8. The number of hydrogen-bond donors (Lipinski definition) is 4. The van der Waals surface area contributed by atoms with Crippen LogP contribution in [0.15, 0.2) is 175 Å². The number of nitrogens with one attached hydrogen (secondary N) is 3. The zero-order chi connectivity index (χ0) is 89.0. The number of carbonyl (C=O) groups excluding carboxylic acids is 1. The van der Waals surface area contributed by atoms with Crippen LogP contribution in [0.4, 0.5) is 35.1 Å². The minimum atomic E-state index is -3.01. The summed E-state index contributed by atoms with van der Waals surface area (Å²) in [5.41, 5.74) is 7.95. The van der Waals surface area contributed by atoms with Gasteiger partial charge in [0.25, 0.3) is 24.0 Å². The molecule has 1 saturated carbocycles. The molecule has 6 aromatic carbocycles. The SMILES string of the molecule is CC(O)c1c2cc(Br)ccc2nn1C.CC=O.CC[SiH](CC)CC.CCc1c2cc(-n3nc4ccc(OCC(F)F)nc4c(-c4ccc(OC(F)F)cc4)c3=O)ccc2nn1C.CCc1c2cc(Br)ccc2nn1C.CN[C@@H]1CCCC[C@H]1NC.Cn1cc2cc(Br)ccc2n1.O=c1[nH]nc2ccc(OCC(F)F)nc2c1-c1ccc(OC(F)F)cc1. The number of aryl methyl sites for hydroxylation is 6. The number of fused-ring (bicyclic) bond motifs is 6. The summed E-state index contributed by atoms with van der Waals surface area (Å²) in [5, 5.41) is 48.7. The van der Waals surface area contributed by atoms with Gasteiger partial charge in [-0.25, -0.2) is 32.6 Å². The first kappa shape index (κ1) is 97.1. The maximum Gasteiger partial charge on any atom is 0.387 e. The van der Waals surface area contributed by atoms with Crippen LogP contribution in [-0.4, -0.2) is 155 Å². The molecule has 652 valence electrons. The number of likely N-dealkylation sites (N-methyl/N-ethyl adjacent to an activating group) is 2. The van der Waals surface area contributed by atoms with Crippen molar-refractivity contribution in [1.82, 2.24) is 79.7 Å². The number of aliphatic hydroxyl groups is 1. The van der Waals surface area contributed by atoms with Crippen molar-refractivity contribution in [3.63, 3.8) is 0 Å². The molecule has 0 radical (unpaired) electrons. The number of benzene rings is 6. The smallest absolute Gasteiger partial charge is 0.387 e. The van der Waals surface area contributed by atoms with Gasteiger partial charge in [0.2, 0.25) is 11.8 Å². The van der Waals surface area contributed by atoms with Crippen LogP contribution in [0.1, 0.15) is 97.3 Å². The number of aldehydes is 1. The lowest BCUT2D eigenvalue weighted by molar-refractivity contribution is -0.106. The van der Waals surface area contributed by atoms with Crippen molar-refractivity contribution in [2.24, 2.45) is 28.2 Å². The van der Waals surface area contributed by atoms with E-state index in [-0.39, 0.29) is 54.2 Å². The first-order valence-electron chi connectivity index (χ1n) is 39.4. The van der Waals surface area contributed by atoms with Crippen molar-refractivity contribution in [2.45, 2.75) is 149 Å². The molecule has 1 aliphatic rings. The van der Waals surface area contributed by atoms with Gasteiger partial charge in [-0.2, -0.15) is 52.8 Å². The van der Waals surface area contributed by atoms with E-state index >= 15 is 0 Å². The van der Waals surface area contributed by atoms with Gasteiger partial charge in [-0.15, -0.1) is 0 Å². The summed E-state index contributed by atoms with van der Waals surface area (Å²) >= 11 is 10.3. The topological polar surface area (TPSA) is 276 Å². The van der Waals surface area contributed by atoms with E-state index in [0.29, 0.717) is 39.9 Å². The number of aromatic nitrogens is 14. The van der Waals surface area contributed by atoms with Crippen LogP contribution in [0, 0.1) is 0 Å². The van der Waals surface area contributed by atoms with Crippen molar-refractivity contribution >= 4 is 129 Å². The molecular weight excluding hydrogens is 1800 g/mol. The van der Waals surface area contributed by atoms with Gasteiger partial charge in [-0.05, 0) is 174 Å². The van der Waals surface area contributed by atoms with E-state index in [0.717, 1.165) is 76.8 Å². The van der Waals surface area contributed by atoms with Crippen LogP contribution < -0.4 is 40.7 Å². The average Bonchev–Trinajstić information content (AvgIpc) is 1.10. The van der Waals surface area contributed by atoms with Gasteiger partial charge in [0, 0.05) is 114 Å². The fourth-order valence-corrected chi connectivity index (χ4v) is 16.6. The third-order valence-electron chi connectivity index (χ3n) is 19.6. The number of aliphatic hydroxyl groups excluding tert-OH is 1. The second-order valence-electron chi connectivity index (χ2n) is 27.7. The molecule has 1 fully saturated rings. The molecule has 0 aliphatic heterocycles. The summed E-state index contributed by atoms with van der Waals surface area (Å²) < 4.78 is 130. The number of H-pyrrole nitrogens is 1. The largest absolute Gasteiger partial charge is 0.472 e. The quantitative estimate of drug-likeness (QED) is 0.0296. The van der Waals surface area contributed by atoms with Crippen molar-refractivity contribution in [3.05, 3.63) is 203 Å². The molecule has 0 spiro atoms. The molecule has 4 N–H and O–H groups in total. The van der Waals surface area contributed by atoms with Crippen LogP contribution in [0.2, 0.25) is 18.1 Å². The fourth-order valence-electron chi connectivity index (χ4n) is 13.7. The molecule has 1 unspecified atom stereocenters. The van der Waals surface area contributed by atoms with Crippen molar-refractivity contribution in [1.29, 1.82) is 0 Å². The Morgan fingerprint density at radius 3 is 1.43 bits per heavy atom. The highest BCUT2D eigenvalue weighted by Gasteiger charge is 2.24. The van der Waals surface area contributed by atoms with Gasteiger partial charge in [0.1, 0.15) is 39.9 Å². The van der Waals surface area contributed by atoms with Crippen molar-refractivity contribution in [3.8, 4) is 51.2 Å². The zero-order valence-corrected chi connectivity index (χ0v) is 75.6. The van der Waals surface area contributed by atoms with Gasteiger partial charge in [0.05, 0.1) is 50.7 Å². The number of carbonyl (C=O) groups is 1. The van der Waals surface area contributed by atoms with E-state index in [1.807, 2.05) is 99.2 Å². The molecule has 8 aromatic heterocycles. The summed E-state index contributed by atoms with van der Waals surface area (Å²) in [4.78, 5) is 43.2. The Bertz CT molecular complexity index is 5820. The van der Waals surface area contributed by atoms with E-state index in [2.05, 4.69) is 167 Å². The van der Waals surface area contributed by atoms with Gasteiger partial charge in [0.15, 0.2) is 13.2 Å². The average molecular weight is 1900 g/mol. The first-order valence-corrected chi connectivity index (χ1v) is 44.2. The summed E-state index contributed by atoms with van der Waals surface area (Å²) in [6.07, 6.45) is 4.06. The molecule has 8 heterocycles. The van der Waals surface area contributed by atoms with Crippen LogP contribution in [-0.2, 0) is 45.8 Å². The predicted octanol–water partition coefficient (Wildman–Crippen LogP) is 19.2. The Kier molecular flexibility index (Phi) is 37.7.